The molecule has 0 atom stereocenters. The number of carbonyl (C=O) groups excluding carboxylic acids is 1. The molecule has 0 unspecified atom stereocenters. The van der Waals surface area contributed by atoms with E-state index >= 15 is 0 Å². The van der Waals surface area contributed by atoms with Crippen molar-refractivity contribution in [2.24, 2.45) is 0 Å². The minimum Gasteiger partial charge on any atom is -0.748 e. The van der Waals surface area contributed by atoms with Crippen LogP contribution in [0.2, 0.25) is 0 Å². The van der Waals surface area contributed by atoms with Gasteiger partial charge in [0.1, 0.15) is 23.7 Å². The number of likely N-dealkylation sites (tertiary alicyclic amines) is 1. The Morgan fingerprint density at radius 1 is 0.750 bits per heavy atom. The van der Waals surface area contributed by atoms with Crippen molar-refractivity contribution in [1.29, 1.82) is 0 Å². The number of carbonyl (C=O) groups is 1. The number of ether oxygens (including phenoxy) is 1. The van der Waals surface area contributed by atoms with E-state index in [4.69, 9.17) is 4.74 Å². The van der Waals surface area contributed by atoms with Gasteiger partial charge in [-0.25, -0.2) is 8.42 Å². The summed E-state index contributed by atoms with van der Waals surface area (Å²) in [5, 5.41) is 9.31. The predicted octanol–water partition coefficient (Wildman–Crippen LogP) is 9.21. The van der Waals surface area contributed by atoms with Gasteiger partial charge in [-0.2, -0.15) is 4.58 Å². The van der Waals surface area contributed by atoms with Crippen LogP contribution in [0.1, 0.15) is 121 Å². The van der Waals surface area contributed by atoms with Crippen LogP contribution in [-0.4, -0.2) is 92.2 Å². The van der Waals surface area contributed by atoms with Crippen molar-refractivity contribution in [3.8, 4) is 5.75 Å². The van der Waals surface area contributed by atoms with E-state index in [1.807, 2.05) is 24.3 Å². The summed E-state index contributed by atoms with van der Waals surface area (Å²) in [5.74, 6) is 0.533. The molecule has 386 valence electrons. The van der Waals surface area contributed by atoms with Gasteiger partial charge in [0.2, 0.25) is 11.6 Å². The van der Waals surface area contributed by atoms with E-state index in [2.05, 4.69) is 137 Å². The SMILES string of the molecule is CC1(C)C(/C=C/C=C/C=C2/N(CCCCS(=O)(=O)[O-])c3ccccc3C2(C)C)=[N+](CCCCCC(=O)NCCCCNc2c(NCCCOc3cccc(CN4CCCCC4)c3)c(=O)c2=O)c2ccccc21. The number of para-hydroxylation sites is 2. The Balaban J connectivity index is 0.808. The molecule has 0 bridgehead atoms. The van der Waals surface area contributed by atoms with Gasteiger partial charge in [-0.3, -0.25) is 19.3 Å². The number of fused-ring (bicyclic) bond motifs is 2. The third-order valence-corrected chi connectivity index (χ3v) is 15.2. The number of benzene rings is 3. The fourth-order valence-electron chi connectivity index (χ4n) is 10.5. The largest absolute Gasteiger partial charge is 0.748 e. The average Bonchev–Trinajstić information content (AvgIpc) is 3.71. The third kappa shape index (κ3) is 14.0. The minimum absolute atomic E-state index is 0.0401. The van der Waals surface area contributed by atoms with Crippen molar-refractivity contribution in [3.63, 3.8) is 0 Å². The van der Waals surface area contributed by atoms with E-state index in [1.54, 1.807) is 0 Å². The summed E-state index contributed by atoms with van der Waals surface area (Å²) in [6.07, 6.45) is 20.6. The molecule has 4 aromatic carbocycles. The van der Waals surface area contributed by atoms with Gasteiger partial charge < -0.3 is 30.1 Å². The Kier molecular flexibility index (Phi) is 18.9. The predicted molar refractivity (Wildman–Crippen MR) is 291 cm³/mol. The Bertz CT molecular complexity index is 2800. The quantitative estimate of drug-likeness (QED) is 0.0164. The van der Waals surface area contributed by atoms with E-state index in [0.717, 1.165) is 75.4 Å². The van der Waals surface area contributed by atoms with Crippen LogP contribution < -0.4 is 36.4 Å². The minimum atomic E-state index is -4.24. The molecular weight excluding hydrogens is 925 g/mol. The van der Waals surface area contributed by atoms with Crippen molar-refractivity contribution in [2.45, 2.75) is 122 Å². The molecule has 3 N–H and O–H groups in total. The van der Waals surface area contributed by atoms with Crippen LogP contribution in [-0.2, 0) is 32.3 Å². The van der Waals surface area contributed by atoms with Crippen molar-refractivity contribution < 1.29 is 27.1 Å². The van der Waals surface area contributed by atoms with Gasteiger partial charge in [0, 0.05) is 85.8 Å². The van der Waals surface area contributed by atoms with E-state index in [9.17, 15) is 27.4 Å². The number of hydrogen-bond acceptors (Lipinski definition) is 11. The number of allylic oxidation sites excluding steroid dienone is 6. The Hall–Kier alpha value is -5.83. The highest BCUT2D eigenvalue weighted by Gasteiger charge is 2.44. The molecule has 1 amide bonds. The number of amides is 1. The van der Waals surface area contributed by atoms with Crippen LogP contribution in [0.3, 0.4) is 0 Å². The molecule has 4 aromatic rings. The number of rotatable bonds is 28. The summed E-state index contributed by atoms with van der Waals surface area (Å²) in [7, 11) is -4.24. The van der Waals surface area contributed by atoms with Crippen LogP contribution in [0.4, 0.5) is 22.7 Å². The smallest absolute Gasteiger partial charge is 0.253 e. The van der Waals surface area contributed by atoms with E-state index in [0.29, 0.717) is 69.8 Å². The second-order valence-electron chi connectivity index (χ2n) is 20.6. The van der Waals surface area contributed by atoms with E-state index in [-0.39, 0.29) is 22.5 Å². The number of nitrogens with one attached hydrogen (secondary N) is 3. The topological polar surface area (TPSA) is 163 Å². The molecule has 0 aliphatic carbocycles. The first-order chi connectivity index (χ1) is 34.6. The fourth-order valence-corrected chi connectivity index (χ4v) is 11.1. The maximum absolute atomic E-state index is 12.8. The number of unbranched alkanes of at least 4 members (excludes halogenated alkanes) is 4. The Morgan fingerprint density at radius 3 is 2.22 bits per heavy atom. The molecule has 1 fully saturated rings. The lowest BCUT2D eigenvalue weighted by atomic mass is 9.81. The molecule has 0 aromatic heterocycles. The van der Waals surface area contributed by atoms with Gasteiger partial charge in [0.15, 0.2) is 5.71 Å². The molecule has 0 radical (unpaired) electrons. The number of piperidine rings is 1. The first kappa shape index (κ1) is 54.0. The van der Waals surface area contributed by atoms with Crippen LogP contribution in [0.25, 0.3) is 0 Å². The van der Waals surface area contributed by atoms with Crippen LogP contribution in [0.15, 0.2) is 118 Å². The zero-order valence-corrected chi connectivity index (χ0v) is 43.8. The van der Waals surface area contributed by atoms with Gasteiger partial charge in [0.25, 0.3) is 10.9 Å². The van der Waals surface area contributed by atoms with E-state index < -0.39 is 21.0 Å². The Morgan fingerprint density at radius 2 is 1.46 bits per heavy atom. The lowest BCUT2D eigenvalue weighted by molar-refractivity contribution is -0.438. The molecular formula is C58H76N6O7S. The molecule has 0 spiro atoms. The number of nitrogens with zero attached hydrogens (tertiary/aromatic N) is 3. The molecule has 72 heavy (non-hydrogen) atoms. The van der Waals surface area contributed by atoms with Gasteiger partial charge in [0.05, 0.1) is 22.1 Å². The number of hydrogen-bond donors (Lipinski definition) is 3. The summed E-state index contributed by atoms with van der Waals surface area (Å²) in [6.45, 7) is 15.7. The van der Waals surface area contributed by atoms with Crippen molar-refractivity contribution in [3.05, 3.63) is 146 Å². The van der Waals surface area contributed by atoms with Crippen LogP contribution >= 0.6 is 0 Å². The normalized spacial score (nSPS) is 17.1. The molecule has 3 aliphatic rings. The average molecular weight is 1000 g/mol. The highest BCUT2D eigenvalue weighted by Crippen LogP contribution is 2.47. The summed E-state index contributed by atoms with van der Waals surface area (Å²) in [6, 6.07) is 25.2. The highest BCUT2D eigenvalue weighted by molar-refractivity contribution is 7.85. The molecule has 3 heterocycles. The molecule has 1 saturated heterocycles. The molecule has 13 nitrogen and oxygen atoms in total. The number of anilines is 3. The van der Waals surface area contributed by atoms with Crippen molar-refractivity contribution >= 4 is 44.5 Å². The van der Waals surface area contributed by atoms with Crippen molar-refractivity contribution in [2.75, 3.05) is 73.7 Å². The maximum atomic E-state index is 12.8. The van der Waals surface area contributed by atoms with Gasteiger partial charge >= 0.3 is 0 Å². The lowest BCUT2D eigenvalue weighted by Gasteiger charge is -2.27. The summed E-state index contributed by atoms with van der Waals surface area (Å²) >= 11 is 0. The molecule has 0 saturated carbocycles. The maximum Gasteiger partial charge on any atom is 0.253 e. The van der Waals surface area contributed by atoms with Gasteiger partial charge in [-0.1, -0.05) is 87.0 Å². The molecule has 7 rings (SSSR count). The monoisotopic (exact) mass is 1000 g/mol. The second kappa shape index (κ2) is 25.2. The third-order valence-electron chi connectivity index (χ3n) is 14.4. The van der Waals surface area contributed by atoms with E-state index in [1.165, 1.54) is 47.4 Å². The first-order valence-corrected chi connectivity index (χ1v) is 27.9. The zero-order valence-electron chi connectivity index (χ0n) is 43.0. The summed E-state index contributed by atoms with van der Waals surface area (Å²) in [4.78, 5) is 42.2. The van der Waals surface area contributed by atoms with Crippen LogP contribution in [0.5, 0.6) is 5.75 Å². The lowest BCUT2D eigenvalue weighted by Crippen LogP contribution is -2.38. The summed E-state index contributed by atoms with van der Waals surface area (Å²) < 4.78 is 42.1. The zero-order chi connectivity index (χ0) is 51.1. The fraction of sp³-hybridized carbons (Fsp3) is 0.483. The second-order valence-corrected chi connectivity index (χ2v) is 22.1. The molecule has 14 heteroatoms. The van der Waals surface area contributed by atoms with Crippen LogP contribution in [0, 0.1) is 0 Å². The molecule has 3 aliphatic heterocycles. The van der Waals surface area contributed by atoms with Crippen molar-refractivity contribution in [1.82, 2.24) is 10.2 Å². The highest BCUT2D eigenvalue weighted by atomic mass is 32.2. The summed E-state index contributed by atoms with van der Waals surface area (Å²) in [5.41, 5.74) is 7.67. The Labute approximate surface area is 427 Å². The first-order valence-electron chi connectivity index (χ1n) is 26.3. The van der Waals surface area contributed by atoms with Gasteiger partial charge in [-0.05, 0) is 120 Å². The standard InChI is InChI=1S/C58H76N6O7S/c1-57(2)46-26-11-13-28-48(46)63(50(57)30-8-5-9-31-51-58(3,4)47-27-12-14-29-49(47)64(51)39-20-21-41-72(68,69)70)38-19-6-10-32-52(65)59-33-15-16-34-60-53-54(56(67)55(53)66)61-35-23-40-71-45-25-22-24-44(42-45)43-62-36-17-7-18-37-62/h5,8-9,11-14,22,24-31,42H,6-7,10,15-21,23,32-41,43H2,1-4H3,(H3-,59,60,61,65,66,67,68,69,70). The van der Waals surface area contributed by atoms with Gasteiger partial charge in [-0.15, -0.1) is 0 Å².